The van der Waals surface area contributed by atoms with Crippen LogP contribution in [0.25, 0.3) is 0 Å². The normalized spacial score (nSPS) is 19.9. The number of alkyl halides is 3. The molecule has 0 aromatic carbocycles. The molecule has 0 aliphatic carbocycles. The first kappa shape index (κ1) is 12.2. The van der Waals surface area contributed by atoms with Crippen LogP contribution in [0.15, 0.2) is 0 Å². The Morgan fingerprint density at radius 1 is 1.21 bits per heavy atom. The van der Waals surface area contributed by atoms with Crippen LogP contribution in [-0.4, -0.2) is 30.8 Å². The summed E-state index contributed by atoms with van der Waals surface area (Å²) in [6.45, 7) is 2.04. The van der Waals surface area contributed by atoms with Crippen molar-refractivity contribution in [1.82, 2.24) is 5.32 Å². The highest BCUT2D eigenvalue weighted by atomic mass is 32.2. The molecule has 1 aliphatic heterocycles. The molecule has 1 rings (SSSR count). The summed E-state index contributed by atoms with van der Waals surface area (Å²) in [5, 5.41) is 3.24. The van der Waals surface area contributed by atoms with Gasteiger partial charge in [-0.3, -0.25) is 0 Å². The molecule has 0 spiro atoms. The van der Waals surface area contributed by atoms with Crippen LogP contribution >= 0.6 is 11.8 Å². The van der Waals surface area contributed by atoms with E-state index in [-0.39, 0.29) is 5.75 Å². The average molecular weight is 227 g/mol. The van der Waals surface area contributed by atoms with Crippen LogP contribution in [0.4, 0.5) is 13.2 Å². The first-order valence-corrected chi connectivity index (χ1v) is 6.08. The molecule has 0 bridgehead atoms. The van der Waals surface area contributed by atoms with Gasteiger partial charge < -0.3 is 5.32 Å². The highest BCUT2D eigenvalue weighted by molar-refractivity contribution is 7.99. The van der Waals surface area contributed by atoms with Gasteiger partial charge in [-0.25, -0.2) is 0 Å². The first-order chi connectivity index (χ1) is 6.58. The van der Waals surface area contributed by atoms with Gasteiger partial charge in [0.25, 0.3) is 0 Å². The monoisotopic (exact) mass is 227 g/mol. The van der Waals surface area contributed by atoms with Crippen LogP contribution in [0, 0.1) is 5.92 Å². The maximum absolute atomic E-state index is 11.8. The Labute approximate surface area is 86.8 Å². The molecule has 14 heavy (non-hydrogen) atoms. The molecule has 1 aliphatic rings. The second kappa shape index (κ2) is 5.85. The zero-order valence-corrected chi connectivity index (χ0v) is 8.89. The van der Waals surface area contributed by atoms with E-state index in [1.54, 1.807) is 0 Å². The van der Waals surface area contributed by atoms with Crippen molar-refractivity contribution in [3.63, 3.8) is 0 Å². The molecule has 1 N–H and O–H groups in total. The first-order valence-electron chi connectivity index (χ1n) is 4.93. The van der Waals surface area contributed by atoms with E-state index >= 15 is 0 Å². The molecule has 84 valence electrons. The van der Waals surface area contributed by atoms with Crippen molar-refractivity contribution in [1.29, 1.82) is 0 Å². The molecule has 0 unspecified atom stereocenters. The summed E-state index contributed by atoms with van der Waals surface area (Å²) >= 11 is 1.44. The SMILES string of the molecule is FC(F)(F)CCSCC1CCNCC1. The molecule has 0 radical (unpaired) electrons. The van der Waals surface area contributed by atoms with Gasteiger partial charge in [-0.2, -0.15) is 24.9 Å². The standard InChI is InChI=1S/C9H16F3NS/c10-9(11,12)3-6-14-7-8-1-4-13-5-2-8/h8,13H,1-7H2. The van der Waals surface area contributed by atoms with Crippen LogP contribution in [0.3, 0.4) is 0 Å². The highest BCUT2D eigenvalue weighted by Gasteiger charge is 2.26. The number of halogens is 3. The number of nitrogens with one attached hydrogen (secondary N) is 1. The van der Waals surface area contributed by atoms with Gasteiger partial charge in [0.2, 0.25) is 0 Å². The summed E-state index contributed by atoms with van der Waals surface area (Å²) in [6.07, 6.45) is -2.41. The Hall–Kier alpha value is 0.1000. The molecule has 0 saturated carbocycles. The van der Waals surface area contributed by atoms with Crippen LogP contribution in [0.2, 0.25) is 0 Å². The molecule has 5 heteroatoms. The molecule has 0 aromatic heterocycles. The lowest BCUT2D eigenvalue weighted by Gasteiger charge is -2.22. The van der Waals surface area contributed by atoms with Crippen molar-refractivity contribution >= 4 is 11.8 Å². The molecule has 1 saturated heterocycles. The van der Waals surface area contributed by atoms with E-state index in [9.17, 15) is 13.2 Å². The summed E-state index contributed by atoms with van der Waals surface area (Å²) in [5.74, 6) is 1.72. The fraction of sp³-hybridized carbons (Fsp3) is 1.00. The van der Waals surface area contributed by atoms with Crippen LogP contribution < -0.4 is 5.32 Å². The van der Waals surface area contributed by atoms with Gasteiger partial charge >= 0.3 is 6.18 Å². The number of thioether (sulfide) groups is 1. The Balaban J connectivity index is 1.97. The van der Waals surface area contributed by atoms with Gasteiger partial charge in [0.15, 0.2) is 0 Å². The third kappa shape index (κ3) is 5.75. The molecular weight excluding hydrogens is 211 g/mol. The molecule has 1 fully saturated rings. The zero-order chi connectivity index (χ0) is 10.4. The van der Waals surface area contributed by atoms with Crippen molar-refractivity contribution in [3.8, 4) is 0 Å². The Kier molecular flexibility index (Phi) is 5.09. The van der Waals surface area contributed by atoms with E-state index in [1.165, 1.54) is 11.8 Å². The second-order valence-corrected chi connectivity index (χ2v) is 4.78. The Morgan fingerprint density at radius 3 is 2.43 bits per heavy atom. The lowest BCUT2D eigenvalue weighted by Crippen LogP contribution is -2.28. The van der Waals surface area contributed by atoms with Crippen LogP contribution in [-0.2, 0) is 0 Å². The minimum absolute atomic E-state index is 0.216. The molecular formula is C9H16F3NS. The third-order valence-corrected chi connectivity index (χ3v) is 3.54. The van der Waals surface area contributed by atoms with E-state index in [0.29, 0.717) is 5.92 Å². The van der Waals surface area contributed by atoms with Gasteiger partial charge in [0, 0.05) is 5.75 Å². The van der Waals surface area contributed by atoms with Gasteiger partial charge in [0.05, 0.1) is 6.42 Å². The quantitative estimate of drug-likeness (QED) is 0.741. The van der Waals surface area contributed by atoms with Crippen molar-refractivity contribution in [2.24, 2.45) is 5.92 Å². The minimum atomic E-state index is -3.98. The summed E-state index contributed by atoms with van der Waals surface area (Å²) in [6, 6.07) is 0. The molecule has 0 amide bonds. The van der Waals surface area contributed by atoms with Crippen molar-refractivity contribution in [2.45, 2.75) is 25.4 Å². The average Bonchev–Trinajstić information content (AvgIpc) is 2.13. The smallest absolute Gasteiger partial charge is 0.317 e. The fourth-order valence-electron chi connectivity index (χ4n) is 1.49. The predicted molar refractivity (Wildman–Crippen MR) is 53.6 cm³/mol. The fourth-order valence-corrected chi connectivity index (χ4v) is 2.70. The number of hydrogen-bond donors (Lipinski definition) is 1. The third-order valence-electron chi connectivity index (χ3n) is 2.34. The topological polar surface area (TPSA) is 12.0 Å². The molecule has 0 atom stereocenters. The molecule has 1 nitrogen and oxygen atoms in total. The van der Waals surface area contributed by atoms with Crippen molar-refractivity contribution in [3.05, 3.63) is 0 Å². The number of hydrogen-bond acceptors (Lipinski definition) is 2. The maximum atomic E-state index is 11.8. The summed E-state index contributed by atoms with van der Waals surface area (Å²) < 4.78 is 35.4. The molecule has 0 aromatic rings. The van der Waals surface area contributed by atoms with Gasteiger partial charge in [0.1, 0.15) is 0 Å². The highest BCUT2D eigenvalue weighted by Crippen LogP contribution is 2.24. The summed E-state index contributed by atoms with van der Waals surface area (Å²) in [5.41, 5.74) is 0. The lowest BCUT2D eigenvalue weighted by atomic mass is 10.0. The van der Waals surface area contributed by atoms with Crippen LogP contribution in [0.5, 0.6) is 0 Å². The van der Waals surface area contributed by atoms with Crippen molar-refractivity contribution < 1.29 is 13.2 Å². The minimum Gasteiger partial charge on any atom is -0.317 e. The van der Waals surface area contributed by atoms with Crippen LogP contribution in [0.1, 0.15) is 19.3 Å². The number of rotatable bonds is 4. The zero-order valence-electron chi connectivity index (χ0n) is 8.07. The van der Waals surface area contributed by atoms with Gasteiger partial charge in [-0.1, -0.05) is 0 Å². The van der Waals surface area contributed by atoms with E-state index in [4.69, 9.17) is 0 Å². The van der Waals surface area contributed by atoms with Gasteiger partial charge in [-0.15, -0.1) is 0 Å². The Bertz CT molecular complexity index is 155. The lowest BCUT2D eigenvalue weighted by molar-refractivity contribution is -0.129. The summed E-state index contributed by atoms with van der Waals surface area (Å²) in [7, 11) is 0. The van der Waals surface area contributed by atoms with Crippen molar-refractivity contribution in [2.75, 3.05) is 24.6 Å². The molecule has 1 heterocycles. The van der Waals surface area contributed by atoms with E-state index in [1.807, 2.05) is 0 Å². The van der Waals surface area contributed by atoms with Gasteiger partial charge in [-0.05, 0) is 37.6 Å². The van der Waals surface area contributed by atoms with E-state index in [0.717, 1.165) is 31.7 Å². The maximum Gasteiger partial charge on any atom is 0.389 e. The predicted octanol–water partition coefficient (Wildman–Crippen LogP) is 2.67. The van der Waals surface area contributed by atoms with E-state index in [2.05, 4.69) is 5.32 Å². The Morgan fingerprint density at radius 2 is 1.86 bits per heavy atom. The van der Waals surface area contributed by atoms with E-state index < -0.39 is 12.6 Å². The second-order valence-electron chi connectivity index (χ2n) is 3.63. The largest absolute Gasteiger partial charge is 0.389 e. The number of piperidine rings is 1. The summed E-state index contributed by atoms with van der Waals surface area (Å²) in [4.78, 5) is 0.